The molecule has 0 aliphatic rings. The molecule has 1 aromatic heterocycles. The molecule has 27 heavy (non-hydrogen) atoms. The van der Waals surface area contributed by atoms with E-state index in [1.165, 1.54) is 11.6 Å². The van der Waals surface area contributed by atoms with Crippen LogP contribution in [0, 0.1) is 0 Å². The Morgan fingerprint density at radius 3 is 2.37 bits per heavy atom. The van der Waals surface area contributed by atoms with Gasteiger partial charge in [-0.15, -0.1) is 11.3 Å². The van der Waals surface area contributed by atoms with E-state index in [-0.39, 0.29) is 11.2 Å². The molecule has 0 radical (unpaired) electrons. The Morgan fingerprint density at radius 1 is 1.04 bits per heavy atom. The van der Waals surface area contributed by atoms with Crippen molar-refractivity contribution >= 4 is 39.2 Å². The summed E-state index contributed by atoms with van der Waals surface area (Å²) < 4.78 is 1.12. The summed E-state index contributed by atoms with van der Waals surface area (Å²) >= 11 is 1.59. The molecule has 4 heteroatoms. The number of benzene rings is 2. The minimum atomic E-state index is -0.462. The highest BCUT2D eigenvalue weighted by molar-refractivity contribution is 7.19. The smallest absolute Gasteiger partial charge is 0.241 e. The number of nitrogens with two attached hydrogens (primary N) is 1. The minimum absolute atomic E-state index is 0.0756. The van der Waals surface area contributed by atoms with Crippen LogP contribution in [0.3, 0.4) is 0 Å². The predicted molar refractivity (Wildman–Crippen MR) is 113 cm³/mol. The number of carbonyl (C=O) groups is 2. The molecule has 0 aliphatic heterocycles. The van der Waals surface area contributed by atoms with Gasteiger partial charge in [-0.05, 0) is 46.2 Å². The maximum atomic E-state index is 12.6. The zero-order valence-electron chi connectivity index (χ0n) is 15.8. The van der Waals surface area contributed by atoms with Crippen molar-refractivity contribution in [1.29, 1.82) is 0 Å². The molecule has 3 nitrogen and oxygen atoms in total. The van der Waals surface area contributed by atoms with E-state index in [1.807, 2.05) is 48.5 Å². The quantitative estimate of drug-likeness (QED) is 0.495. The first-order valence-corrected chi connectivity index (χ1v) is 9.68. The summed E-state index contributed by atoms with van der Waals surface area (Å²) in [7, 11) is 0. The summed E-state index contributed by atoms with van der Waals surface area (Å²) in [4.78, 5) is 24.5. The van der Waals surface area contributed by atoms with Crippen molar-refractivity contribution in [2.24, 2.45) is 5.73 Å². The lowest BCUT2D eigenvalue weighted by atomic mass is 9.86. The van der Waals surface area contributed by atoms with Crippen molar-refractivity contribution in [3.05, 3.63) is 76.2 Å². The van der Waals surface area contributed by atoms with Gasteiger partial charge in [-0.1, -0.05) is 51.1 Å². The largest absolute Gasteiger partial charge is 0.366 e. The molecule has 0 spiro atoms. The van der Waals surface area contributed by atoms with Gasteiger partial charge in [0.25, 0.3) is 0 Å². The van der Waals surface area contributed by atoms with Crippen LogP contribution >= 0.6 is 11.3 Å². The molecule has 1 amide bonds. The van der Waals surface area contributed by atoms with Gasteiger partial charge in [0.1, 0.15) is 0 Å². The summed E-state index contributed by atoms with van der Waals surface area (Å²) in [6.07, 6.45) is 3.44. The molecule has 0 unspecified atom stereocenters. The zero-order valence-corrected chi connectivity index (χ0v) is 16.6. The number of Topliss-reactive ketones (excluding diaryl/α,β-unsaturated/α-hetero) is 1. The van der Waals surface area contributed by atoms with Gasteiger partial charge in [0.15, 0.2) is 5.78 Å². The fourth-order valence-corrected chi connectivity index (χ4v) is 3.86. The molecule has 0 fully saturated rings. The molecule has 3 rings (SSSR count). The fourth-order valence-electron chi connectivity index (χ4n) is 2.91. The highest BCUT2D eigenvalue weighted by atomic mass is 32.1. The Labute approximate surface area is 163 Å². The lowest BCUT2D eigenvalue weighted by Crippen LogP contribution is -2.11. The third kappa shape index (κ3) is 4.72. The molecule has 0 saturated heterocycles. The molecule has 3 aromatic rings. The van der Waals surface area contributed by atoms with E-state index in [2.05, 4.69) is 20.8 Å². The molecule has 0 bridgehead atoms. The first-order chi connectivity index (χ1) is 12.7. The molecule has 0 saturated carbocycles. The van der Waals surface area contributed by atoms with Crippen molar-refractivity contribution in [2.45, 2.75) is 32.6 Å². The van der Waals surface area contributed by atoms with Crippen LogP contribution in [0.1, 0.15) is 47.1 Å². The van der Waals surface area contributed by atoms with Crippen LogP contribution in [0.15, 0.2) is 54.6 Å². The number of rotatable bonds is 5. The summed E-state index contributed by atoms with van der Waals surface area (Å²) in [6, 6.07) is 16.0. The van der Waals surface area contributed by atoms with Crippen molar-refractivity contribution in [3.8, 4) is 0 Å². The van der Waals surface area contributed by atoms with Gasteiger partial charge in [-0.3, -0.25) is 9.59 Å². The van der Waals surface area contributed by atoms with E-state index in [1.54, 1.807) is 17.4 Å². The Hall–Kier alpha value is -2.72. The summed E-state index contributed by atoms with van der Waals surface area (Å²) in [5.41, 5.74) is 8.15. The van der Waals surface area contributed by atoms with Crippen LogP contribution in [0.25, 0.3) is 16.2 Å². The Morgan fingerprint density at radius 2 is 1.74 bits per heavy atom. The number of fused-ring (bicyclic) bond motifs is 1. The van der Waals surface area contributed by atoms with Crippen LogP contribution in [0.4, 0.5) is 0 Å². The average molecular weight is 378 g/mol. The number of amides is 1. The number of primary amides is 1. The molecule has 2 N–H and O–H groups in total. The SMILES string of the molecule is CC(C)(C)c1ccc(C(=O)Cc2ccc3sc(/C=C/C(N)=O)cc3c2)cc1. The first kappa shape index (κ1) is 19.1. The van der Waals surface area contributed by atoms with Gasteiger partial charge in [-0.25, -0.2) is 0 Å². The van der Waals surface area contributed by atoms with Gasteiger partial charge < -0.3 is 5.73 Å². The first-order valence-electron chi connectivity index (χ1n) is 8.86. The molecule has 0 aliphatic carbocycles. The number of thiophene rings is 1. The third-order valence-corrected chi connectivity index (χ3v) is 5.53. The second-order valence-electron chi connectivity index (χ2n) is 7.68. The molecule has 0 atom stereocenters. The Balaban J connectivity index is 1.77. The van der Waals surface area contributed by atoms with Crippen LogP contribution in [0.5, 0.6) is 0 Å². The van der Waals surface area contributed by atoms with E-state index in [9.17, 15) is 9.59 Å². The lowest BCUT2D eigenvalue weighted by Gasteiger charge is -2.19. The van der Waals surface area contributed by atoms with E-state index in [4.69, 9.17) is 5.73 Å². The van der Waals surface area contributed by atoms with Crippen LogP contribution < -0.4 is 5.73 Å². The Bertz CT molecular complexity index is 1020. The standard InChI is InChI=1S/C23H23NO2S/c1-23(2,3)18-7-5-16(6-8-18)20(25)13-15-4-10-21-17(12-15)14-19(27-21)9-11-22(24)26/h4-12,14H,13H2,1-3H3,(H2,24,26)/b11-9+. The maximum Gasteiger partial charge on any atom is 0.241 e. The average Bonchev–Trinajstić information content (AvgIpc) is 3.01. The minimum Gasteiger partial charge on any atom is -0.366 e. The zero-order chi connectivity index (χ0) is 19.6. The second-order valence-corrected chi connectivity index (χ2v) is 8.80. The molecular weight excluding hydrogens is 354 g/mol. The van der Waals surface area contributed by atoms with Gasteiger partial charge in [0, 0.05) is 27.6 Å². The Kier molecular flexibility index (Phi) is 5.29. The van der Waals surface area contributed by atoms with Gasteiger partial charge in [-0.2, -0.15) is 0 Å². The summed E-state index contributed by atoms with van der Waals surface area (Å²) in [6.45, 7) is 6.48. The predicted octanol–water partition coefficient (Wildman–Crippen LogP) is 5.12. The molecule has 138 valence electrons. The third-order valence-electron chi connectivity index (χ3n) is 4.45. The van der Waals surface area contributed by atoms with Gasteiger partial charge in [0.2, 0.25) is 5.91 Å². The second kappa shape index (κ2) is 7.49. The van der Waals surface area contributed by atoms with Crippen LogP contribution in [0.2, 0.25) is 0 Å². The van der Waals surface area contributed by atoms with E-state index >= 15 is 0 Å². The van der Waals surface area contributed by atoms with Crippen molar-refractivity contribution in [1.82, 2.24) is 0 Å². The van der Waals surface area contributed by atoms with Crippen LogP contribution in [-0.2, 0) is 16.6 Å². The van der Waals surface area contributed by atoms with E-state index in [0.717, 1.165) is 26.1 Å². The molecular formula is C23H23NO2S. The van der Waals surface area contributed by atoms with E-state index in [0.29, 0.717) is 6.42 Å². The lowest BCUT2D eigenvalue weighted by molar-refractivity contribution is -0.113. The maximum absolute atomic E-state index is 12.6. The van der Waals surface area contributed by atoms with E-state index < -0.39 is 5.91 Å². The summed E-state index contributed by atoms with van der Waals surface area (Å²) in [5.74, 6) is -0.352. The van der Waals surface area contributed by atoms with Crippen molar-refractivity contribution < 1.29 is 9.59 Å². The molecule has 1 heterocycles. The van der Waals surface area contributed by atoms with Gasteiger partial charge in [0.05, 0.1) is 0 Å². The fraction of sp³-hybridized carbons (Fsp3) is 0.217. The normalized spacial score (nSPS) is 12.0. The molecule has 2 aromatic carbocycles. The number of carbonyl (C=O) groups excluding carboxylic acids is 2. The number of hydrogen-bond donors (Lipinski definition) is 1. The van der Waals surface area contributed by atoms with Crippen molar-refractivity contribution in [3.63, 3.8) is 0 Å². The highest BCUT2D eigenvalue weighted by Crippen LogP contribution is 2.28. The number of hydrogen-bond acceptors (Lipinski definition) is 3. The monoisotopic (exact) mass is 377 g/mol. The summed E-state index contributed by atoms with van der Waals surface area (Å²) in [5, 5.41) is 1.07. The topological polar surface area (TPSA) is 60.2 Å². The van der Waals surface area contributed by atoms with Crippen LogP contribution in [-0.4, -0.2) is 11.7 Å². The van der Waals surface area contributed by atoms with Gasteiger partial charge >= 0.3 is 0 Å². The number of ketones is 1. The van der Waals surface area contributed by atoms with Crippen molar-refractivity contribution in [2.75, 3.05) is 0 Å². The highest BCUT2D eigenvalue weighted by Gasteiger charge is 2.14.